The SMILES string of the molecule is CC(=O)NCCC(O)C(O)c1ccc(Cl)cc1C(=O)O. The van der Waals surface area contributed by atoms with Crippen LogP contribution in [0.25, 0.3) is 0 Å². The number of aliphatic hydroxyl groups is 2. The summed E-state index contributed by atoms with van der Waals surface area (Å²) in [7, 11) is 0. The van der Waals surface area contributed by atoms with Gasteiger partial charge < -0.3 is 20.6 Å². The molecule has 110 valence electrons. The van der Waals surface area contributed by atoms with Crippen molar-refractivity contribution in [3.63, 3.8) is 0 Å². The molecule has 0 spiro atoms. The molecule has 1 amide bonds. The van der Waals surface area contributed by atoms with Gasteiger partial charge >= 0.3 is 5.97 Å². The van der Waals surface area contributed by atoms with Gasteiger partial charge in [-0.15, -0.1) is 0 Å². The number of benzene rings is 1. The topological polar surface area (TPSA) is 107 Å². The smallest absolute Gasteiger partial charge is 0.336 e. The molecular formula is C13H16ClNO5. The molecule has 0 saturated heterocycles. The van der Waals surface area contributed by atoms with E-state index < -0.39 is 18.2 Å². The van der Waals surface area contributed by atoms with Gasteiger partial charge in [-0.05, 0) is 24.1 Å². The van der Waals surface area contributed by atoms with E-state index in [0.717, 1.165) is 0 Å². The molecule has 2 unspecified atom stereocenters. The Hall–Kier alpha value is -1.63. The summed E-state index contributed by atoms with van der Waals surface area (Å²) in [5, 5.41) is 31.6. The quantitative estimate of drug-likeness (QED) is 0.626. The first-order valence-corrected chi connectivity index (χ1v) is 6.34. The highest BCUT2D eigenvalue weighted by atomic mass is 35.5. The number of hydrogen-bond donors (Lipinski definition) is 4. The first-order chi connectivity index (χ1) is 9.32. The zero-order chi connectivity index (χ0) is 15.3. The largest absolute Gasteiger partial charge is 0.478 e. The van der Waals surface area contributed by atoms with Crippen LogP contribution in [0.15, 0.2) is 18.2 Å². The first kappa shape index (κ1) is 16.4. The summed E-state index contributed by atoms with van der Waals surface area (Å²) in [6.45, 7) is 1.52. The van der Waals surface area contributed by atoms with Crippen LogP contribution in [-0.2, 0) is 4.79 Å². The van der Waals surface area contributed by atoms with Crippen LogP contribution in [-0.4, -0.2) is 39.8 Å². The van der Waals surface area contributed by atoms with E-state index in [9.17, 15) is 19.8 Å². The molecule has 0 aliphatic heterocycles. The lowest BCUT2D eigenvalue weighted by Gasteiger charge is -2.20. The standard InChI is InChI=1S/C13H16ClNO5/c1-7(16)15-5-4-11(17)12(18)9-3-2-8(14)6-10(9)13(19)20/h2-3,6,11-12,17-18H,4-5H2,1H3,(H,15,16)(H,19,20). The van der Waals surface area contributed by atoms with Gasteiger partial charge in [0.15, 0.2) is 0 Å². The maximum Gasteiger partial charge on any atom is 0.336 e. The zero-order valence-corrected chi connectivity index (χ0v) is 11.6. The fourth-order valence-electron chi connectivity index (χ4n) is 1.73. The van der Waals surface area contributed by atoms with Crippen molar-refractivity contribution >= 4 is 23.5 Å². The molecule has 1 aromatic carbocycles. The number of aromatic carboxylic acids is 1. The van der Waals surface area contributed by atoms with E-state index in [2.05, 4.69) is 5.32 Å². The molecule has 0 fully saturated rings. The van der Waals surface area contributed by atoms with Gasteiger partial charge in [0.25, 0.3) is 0 Å². The molecule has 6 nitrogen and oxygen atoms in total. The van der Waals surface area contributed by atoms with Crippen LogP contribution in [0.2, 0.25) is 5.02 Å². The van der Waals surface area contributed by atoms with Crippen molar-refractivity contribution in [1.29, 1.82) is 0 Å². The fourth-order valence-corrected chi connectivity index (χ4v) is 1.90. The van der Waals surface area contributed by atoms with E-state index >= 15 is 0 Å². The third-order valence-corrected chi connectivity index (χ3v) is 2.98. The van der Waals surface area contributed by atoms with Crippen molar-refractivity contribution in [2.24, 2.45) is 0 Å². The van der Waals surface area contributed by atoms with Gasteiger partial charge in [0.2, 0.25) is 5.91 Å². The number of carboxylic acids is 1. The number of carbonyl (C=O) groups excluding carboxylic acids is 1. The summed E-state index contributed by atoms with van der Waals surface area (Å²) in [6, 6.07) is 4.01. The first-order valence-electron chi connectivity index (χ1n) is 5.96. The summed E-state index contributed by atoms with van der Waals surface area (Å²) in [5.41, 5.74) is -0.0826. The summed E-state index contributed by atoms with van der Waals surface area (Å²) in [6.07, 6.45) is -2.46. The lowest BCUT2D eigenvalue weighted by Crippen LogP contribution is -2.28. The predicted molar refractivity (Wildman–Crippen MR) is 72.7 cm³/mol. The Bertz CT molecular complexity index is 506. The highest BCUT2D eigenvalue weighted by molar-refractivity contribution is 6.31. The van der Waals surface area contributed by atoms with Crippen molar-refractivity contribution in [3.8, 4) is 0 Å². The lowest BCUT2D eigenvalue weighted by molar-refractivity contribution is -0.119. The van der Waals surface area contributed by atoms with Gasteiger partial charge in [-0.2, -0.15) is 0 Å². The molecule has 0 radical (unpaired) electrons. The third kappa shape index (κ3) is 4.48. The van der Waals surface area contributed by atoms with Gasteiger partial charge in [0.1, 0.15) is 6.10 Å². The van der Waals surface area contributed by atoms with Crippen molar-refractivity contribution in [3.05, 3.63) is 34.3 Å². The average molecular weight is 302 g/mol. The van der Waals surface area contributed by atoms with Crippen molar-refractivity contribution < 1.29 is 24.9 Å². The molecule has 1 rings (SSSR count). The van der Waals surface area contributed by atoms with Crippen molar-refractivity contribution in [2.75, 3.05) is 6.54 Å². The Labute approximate surface area is 121 Å². The molecule has 0 heterocycles. The van der Waals surface area contributed by atoms with Gasteiger partial charge in [-0.25, -0.2) is 4.79 Å². The van der Waals surface area contributed by atoms with E-state index in [4.69, 9.17) is 16.7 Å². The number of nitrogens with one attached hydrogen (secondary N) is 1. The molecule has 7 heteroatoms. The Kier molecular flexibility index (Phi) is 5.94. The van der Waals surface area contributed by atoms with E-state index in [0.29, 0.717) is 0 Å². The number of carbonyl (C=O) groups is 2. The molecule has 4 N–H and O–H groups in total. The van der Waals surface area contributed by atoms with Gasteiger partial charge in [-0.3, -0.25) is 4.79 Å². The lowest BCUT2D eigenvalue weighted by atomic mass is 9.97. The Balaban J connectivity index is 2.83. The van der Waals surface area contributed by atoms with E-state index in [1.807, 2.05) is 0 Å². The number of rotatable bonds is 6. The van der Waals surface area contributed by atoms with Crippen LogP contribution in [0.5, 0.6) is 0 Å². The summed E-state index contributed by atoms with van der Waals surface area (Å²) in [4.78, 5) is 21.8. The minimum absolute atomic E-state index is 0.0808. The number of aliphatic hydroxyl groups excluding tert-OH is 2. The highest BCUT2D eigenvalue weighted by Gasteiger charge is 2.23. The minimum atomic E-state index is -1.37. The van der Waals surface area contributed by atoms with E-state index in [1.165, 1.54) is 25.1 Å². The Morgan fingerprint density at radius 1 is 1.35 bits per heavy atom. The molecule has 0 aliphatic rings. The Morgan fingerprint density at radius 3 is 2.55 bits per heavy atom. The van der Waals surface area contributed by atoms with Gasteiger partial charge in [-0.1, -0.05) is 17.7 Å². The second-order valence-corrected chi connectivity index (χ2v) is 4.76. The van der Waals surface area contributed by atoms with E-state index in [1.54, 1.807) is 0 Å². The molecule has 0 bridgehead atoms. The third-order valence-electron chi connectivity index (χ3n) is 2.74. The van der Waals surface area contributed by atoms with Crippen LogP contribution in [0.4, 0.5) is 0 Å². The summed E-state index contributed by atoms with van der Waals surface area (Å²) < 4.78 is 0. The van der Waals surface area contributed by atoms with Crippen molar-refractivity contribution in [2.45, 2.75) is 25.6 Å². The second-order valence-electron chi connectivity index (χ2n) is 4.32. The highest BCUT2D eigenvalue weighted by Crippen LogP contribution is 2.25. The molecule has 2 atom stereocenters. The van der Waals surface area contributed by atoms with E-state index in [-0.39, 0.29) is 35.0 Å². The zero-order valence-electron chi connectivity index (χ0n) is 10.8. The predicted octanol–water partition coefficient (Wildman–Crippen LogP) is 0.959. The number of hydrogen-bond acceptors (Lipinski definition) is 4. The molecule has 0 saturated carbocycles. The Morgan fingerprint density at radius 2 is 2.00 bits per heavy atom. The second kappa shape index (κ2) is 7.23. The van der Waals surface area contributed by atoms with Gasteiger partial charge in [0.05, 0.1) is 11.7 Å². The molecule has 1 aromatic rings. The van der Waals surface area contributed by atoms with Crippen LogP contribution < -0.4 is 5.32 Å². The average Bonchev–Trinajstić information content (AvgIpc) is 2.37. The number of carboxylic acid groups (broad SMARTS) is 1. The fraction of sp³-hybridized carbons (Fsp3) is 0.385. The number of halogens is 1. The van der Waals surface area contributed by atoms with Crippen LogP contribution in [0.1, 0.15) is 35.4 Å². The summed E-state index contributed by atoms with van der Waals surface area (Å²) in [5.74, 6) is -1.49. The normalized spacial score (nSPS) is 13.6. The summed E-state index contributed by atoms with van der Waals surface area (Å²) >= 11 is 5.71. The molecular weight excluding hydrogens is 286 g/mol. The number of amides is 1. The van der Waals surface area contributed by atoms with Gasteiger partial charge in [0, 0.05) is 18.5 Å². The minimum Gasteiger partial charge on any atom is -0.478 e. The molecule has 0 aliphatic carbocycles. The van der Waals surface area contributed by atoms with Crippen LogP contribution in [0.3, 0.4) is 0 Å². The van der Waals surface area contributed by atoms with Crippen LogP contribution in [0, 0.1) is 0 Å². The van der Waals surface area contributed by atoms with Crippen LogP contribution >= 0.6 is 11.6 Å². The van der Waals surface area contributed by atoms with Crippen molar-refractivity contribution in [1.82, 2.24) is 5.32 Å². The molecule has 0 aromatic heterocycles. The maximum atomic E-state index is 11.1. The monoisotopic (exact) mass is 301 g/mol. The maximum absolute atomic E-state index is 11.1. The molecule has 20 heavy (non-hydrogen) atoms.